The minimum Gasteiger partial charge on any atom is -0.375 e. The Morgan fingerprint density at radius 3 is 2.60 bits per heavy atom. The molecule has 0 spiro atoms. The summed E-state index contributed by atoms with van der Waals surface area (Å²) < 4.78 is 26.0. The van der Waals surface area contributed by atoms with Crippen LogP contribution in [0.25, 0.3) is 0 Å². The summed E-state index contributed by atoms with van der Waals surface area (Å²) in [6.07, 6.45) is 2.78. The van der Waals surface area contributed by atoms with Crippen molar-refractivity contribution in [1.29, 1.82) is 0 Å². The van der Waals surface area contributed by atoms with E-state index in [0.29, 0.717) is 5.69 Å². The van der Waals surface area contributed by atoms with Gasteiger partial charge in [-0.15, -0.1) is 0 Å². The smallest absolute Gasteiger partial charge is 0.268 e. The van der Waals surface area contributed by atoms with Crippen LogP contribution < -0.4 is 11.2 Å². The van der Waals surface area contributed by atoms with Crippen molar-refractivity contribution in [2.45, 2.75) is 4.90 Å². The van der Waals surface area contributed by atoms with E-state index in [2.05, 4.69) is 22.7 Å². The number of aromatic nitrogens is 1. The number of hydrogen-bond acceptors (Lipinski definition) is 4. The third kappa shape index (κ3) is 3.03. The summed E-state index contributed by atoms with van der Waals surface area (Å²) in [7, 11) is -3.64. The van der Waals surface area contributed by atoms with Crippen molar-refractivity contribution < 1.29 is 8.42 Å². The Morgan fingerprint density at radius 1 is 1.25 bits per heavy atom. The Bertz CT molecular complexity index is 736. The molecular formula is C12H12N4O2S2. The van der Waals surface area contributed by atoms with Crippen molar-refractivity contribution in [3.8, 4) is 0 Å². The molecule has 6 nitrogen and oxygen atoms in total. The van der Waals surface area contributed by atoms with Crippen LogP contribution in [0.2, 0.25) is 0 Å². The van der Waals surface area contributed by atoms with E-state index in [0.717, 1.165) is 3.97 Å². The first-order valence-electron chi connectivity index (χ1n) is 5.58. The van der Waals surface area contributed by atoms with Crippen molar-refractivity contribution in [1.82, 2.24) is 9.40 Å². The lowest BCUT2D eigenvalue weighted by Crippen LogP contribution is -2.24. The van der Waals surface area contributed by atoms with Crippen molar-refractivity contribution in [2.24, 2.45) is 10.8 Å². The summed E-state index contributed by atoms with van der Waals surface area (Å²) >= 11 is 4.60. The second-order valence-corrected chi connectivity index (χ2v) is 6.04. The minimum atomic E-state index is -3.64. The molecule has 104 valence electrons. The van der Waals surface area contributed by atoms with Gasteiger partial charge >= 0.3 is 0 Å². The molecule has 8 heteroatoms. The number of benzene rings is 1. The van der Waals surface area contributed by atoms with Crippen LogP contribution in [0, 0.1) is 0 Å². The molecule has 0 aliphatic carbocycles. The van der Waals surface area contributed by atoms with E-state index >= 15 is 0 Å². The Balaban J connectivity index is 2.37. The predicted molar refractivity (Wildman–Crippen MR) is 81.0 cm³/mol. The molecule has 2 aromatic rings. The minimum absolute atomic E-state index is 0.00488. The van der Waals surface area contributed by atoms with Crippen molar-refractivity contribution in [3.63, 3.8) is 0 Å². The SMILES string of the molecule is NC(=S)N/N=C/c1cccn1S(=O)(=O)c1ccccc1. The summed E-state index contributed by atoms with van der Waals surface area (Å²) in [5.41, 5.74) is 7.99. The summed E-state index contributed by atoms with van der Waals surface area (Å²) in [5, 5.41) is 3.76. The number of hydrogen-bond donors (Lipinski definition) is 2. The molecule has 0 saturated carbocycles. The maximum atomic E-state index is 12.4. The average Bonchev–Trinajstić information content (AvgIpc) is 2.88. The maximum absolute atomic E-state index is 12.4. The molecule has 2 rings (SSSR count). The second kappa shape index (κ2) is 5.85. The van der Waals surface area contributed by atoms with E-state index in [-0.39, 0.29) is 10.0 Å². The molecule has 1 aromatic heterocycles. The zero-order valence-corrected chi connectivity index (χ0v) is 11.9. The highest BCUT2D eigenvalue weighted by molar-refractivity contribution is 7.90. The monoisotopic (exact) mass is 308 g/mol. The first-order valence-corrected chi connectivity index (χ1v) is 7.43. The summed E-state index contributed by atoms with van der Waals surface area (Å²) in [4.78, 5) is 0.202. The van der Waals surface area contributed by atoms with Gasteiger partial charge in [-0.2, -0.15) is 5.10 Å². The van der Waals surface area contributed by atoms with Crippen molar-refractivity contribution in [2.75, 3.05) is 0 Å². The van der Waals surface area contributed by atoms with Gasteiger partial charge in [0.15, 0.2) is 5.11 Å². The van der Waals surface area contributed by atoms with Gasteiger partial charge in [-0.25, -0.2) is 12.4 Å². The van der Waals surface area contributed by atoms with E-state index in [1.54, 1.807) is 30.3 Å². The first kappa shape index (κ1) is 14.2. The molecule has 0 fully saturated rings. The van der Waals surface area contributed by atoms with E-state index in [9.17, 15) is 8.42 Å². The Kier molecular flexibility index (Phi) is 4.16. The van der Waals surface area contributed by atoms with E-state index in [1.807, 2.05) is 0 Å². The van der Waals surface area contributed by atoms with Crippen LogP contribution in [0.1, 0.15) is 5.69 Å². The van der Waals surface area contributed by atoms with Gasteiger partial charge < -0.3 is 5.73 Å². The topological polar surface area (TPSA) is 89.5 Å². The van der Waals surface area contributed by atoms with Crippen LogP contribution in [0.3, 0.4) is 0 Å². The molecule has 0 aliphatic rings. The van der Waals surface area contributed by atoms with Gasteiger partial charge in [0.25, 0.3) is 10.0 Å². The molecule has 1 aromatic carbocycles. The van der Waals surface area contributed by atoms with E-state index < -0.39 is 10.0 Å². The summed E-state index contributed by atoms with van der Waals surface area (Å²) in [6.45, 7) is 0. The number of rotatable bonds is 4. The number of nitrogens with one attached hydrogen (secondary N) is 1. The Labute approximate surface area is 122 Å². The van der Waals surface area contributed by atoms with Crippen LogP contribution in [0.5, 0.6) is 0 Å². The number of thiocarbonyl (C=S) groups is 1. The van der Waals surface area contributed by atoms with E-state index in [1.165, 1.54) is 24.5 Å². The molecule has 0 radical (unpaired) electrons. The molecule has 0 unspecified atom stereocenters. The summed E-state index contributed by atoms with van der Waals surface area (Å²) in [5.74, 6) is 0. The molecule has 20 heavy (non-hydrogen) atoms. The third-order valence-corrected chi connectivity index (χ3v) is 4.22. The van der Waals surface area contributed by atoms with Crippen LogP contribution in [0.4, 0.5) is 0 Å². The lowest BCUT2D eigenvalue weighted by molar-refractivity contribution is 0.587. The van der Waals surface area contributed by atoms with Gasteiger partial charge in [-0.05, 0) is 36.5 Å². The molecule has 0 saturated heterocycles. The molecular weight excluding hydrogens is 296 g/mol. The highest BCUT2D eigenvalue weighted by atomic mass is 32.2. The van der Waals surface area contributed by atoms with Gasteiger partial charge in [0, 0.05) is 6.20 Å². The van der Waals surface area contributed by atoms with Gasteiger partial charge in [0.05, 0.1) is 16.8 Å². The number of nitrogens with zero attached hydrogens (tertiary/aromatic N) is 2. The molecule has 0 amide bonds. The van der Waals surface area contributed by atoms with E-state index in [4.69, 9.17) is 5.73 Å². The van der Waals surface area contributed by atoms with Crippen LogP contribution in [0.15, 0.2) is 58.7 Å². The highest BCUT2D eigenvalue weighted by Crippen LogP contribution is 2.15. The normalized spacial score (nSPS) is 11.6. The maximum Gasteiger partial charge on any atom is 0.268 e. The zero-order valence-electron chi connectivity index (χ0n) is 10.3. The van der Waals surface area contributed by atoms with Crippen molar-refractivity contribution >= 4 is 33.6 Å². The molecule has 0 aliphatic heterocycles. The number of nitrogens with two attached hydrogens (primary N) is 1. The standard InChI is InChI=1S/C12H12N4O2S2/c13-12(19)15-14-9-10-5-4-8-16(10)20(17,18)11-6-2-1-3-7-11/h1-9H,(H3,13,15,19)/b14-9+. The summed E-state index contributed by atoms with van der Waals surface area (Å²) in [6, 6.07) is 11.4. The Hall–Kier alpha value is -2.19. The fourth-order valence-electron chi connectivity index (χ4n) is 1.57. The Morgan fingerprint density at radius 2 is 1.95 bits per heavy atom. The fraction of sp³-hybridized carbons (Fsp3) is 0. The van der Waals surface area contributed by atoms with Gasteiger partial charge in [-0.1, -0.05) is 18.2 Å². The predicted octanol–water partition coefficient (Wildman–Crippen LogP) is 0.892. The molecule has 1 heterocycles. The molecule has 3 N–H and O–H groups in total. The molecule has 0 bridgehead atoms. The first-order chi connectivity index (χ1) is 9.51. The average molecular weight is 308 g/mol. The quantitative estimate of drug-likeness (QED) is 0.497. The van der Waals surface area contributed by atoms with Gasteiger partial charge in [-0.3, -0.25) is 5.43 Å². The van der Waals surface area contributed by atoms with Crippen LogP contribution in [-0.4, -0.2) is 23.7 Å². The van der Waals surface area contributed by atoms with Crippen LogP contribution >= 0.6 is 12.2 Å². The lowest BCUT2D eigenvalue weighted by atomic mass is 10.4. The van der Waals surface area contributed by atoms with Gasteiger partial charge in [0.1, 0.15) is 0 Å². The lowest BCUT2D eigenvalue weighted by Gasteiger charge is -2.07. The van der Waals surface area contributed by atoms with Gasteiger partial charge in [0.2, 0.25) is 0 Å². The second-order valence-electron chi connectivity index (χ2n) is 3.78. The largest absolute Gasteiger partial charge is 0.375 e. The molecule has 0 atom stereocenters. The zero-order chi connectivity index (χ0) is 14.6. The third-order valence-electron chi connectivity index (χ3n) is 2.41. The highest BCUT2D eigenvalue weighted by Gasteiger charge is 2.17. The van der Waals surface area contributed by atoms with Crippen molar-refractivity contribution in [3.05, 3.63) is 54.4 Å². The number of hydrazone groups is 1. The fourth-order valence-corrected chi connectivity index (χ4v) is 2.96. The van der Waals surface area contributed by atoms with Crippen LogP contribution in [-0.2, 0) is 10.0 Å².